The Morgan fingerprint density at radius 3 is 2.46 bits per heavy atom. The number of methoxy groups -OCH3 is 2. The zero-order valence-electron chi connectivity index (χ0n) is 7.63. The molecule has 0 atom stereocenters. The lowest BCUT2D eigenvalue weighted by molar-refractivity contribution is 0.355. The van der Waals surface area contributed by atoms with Crippen LogP contribution in [0.2, 0.25) is 5.02 Å². The second kappa shape index (κ2) is 4.19. The van der Waals surface area contributed by atoms with Crippen LogP contribution >= 0.6 is 11.6 Å². The third-order valence-corrected chi connectivity index (χ3v) is 1.97. The van der Waals surface area contributed by atoms with Gasteiger partial charge in [-0.1, -0.05) is 24.3 Å². The summed E-state index contributed by atoms with van der Waals surface area (Å²) in [6, 6.07) is 3.59. The van der Waals surface area contributed by atoms with E-state index in [9.17, 15) is 0 Å². The van der Waals surface area contributed by atoms with Crippen molar-refractivity contribution in [3.05, 3.63) is 29.3 Å². The predicted octanol–water partition coefficient (Wildman–Crippen LogP) is 3.00. The summed E-state index contributed by atoms with van der Waals surface area (Å²) in [5.41, 5.74) is 0.905. The third kappa shape index (κ3) is 1.95. The van der Waals surface area contributed by atoms with Gasteiger partial charge in [0.2, 0.25) is 0 Å². The van der Waals surface area contributed by atoms with Crippen molar-refractivity contribution in [2.75, 3.05) is 14.2 Å². The van der Waals surface area contributed by atoms with E-state index in [0.29, 0.717) is 16.5 Å². The minimum atomic E-state index is 0.525. The van der Waals surface area contributed by atoms with E-state index in [2.05, 4.69) is 6.58 Å². The molecule has 2 nitrogen and oxygen atoms in total. The van der Waals surface area contributed by atoms with Crippen molar-refractivity contribution in [1.29, 1.82) is 0 Å². The fourth-order valence-corrected chi connectivity index (χ4v) is 1.35. The number of benzene rings is 1. The molecule has 0 bridgehead atoms. The molecule has 3 heteroatoms. The number of rotatable bonds is 3. The molecule has 0 aliphatic carbocycles. The first-order valence-electron chi connectivity index (χ1n) is 3.77. The summed E-state index contributed by atoms with van der Waals surface area (Å²) >= 11 is 5.94. The van der Waals surface area contributed by atoms with Gasteiger partial charge in [-0.15, -0.1) is 0 Å². The van der Waals surface area contributed by atoms with Crippen molar-refractivity contribution in [3.8, 4) is 11.5 Å². The Morgan fingerprint density at radius 2 is 2.00 bits per heavy atom. The summed E-state index contributed by atoms with van der Waals surface area (Å²) in [5.74, 6) is 1.17. The van der Waals surface area contributed by atoms with Gasteiger partial charge in [-0.25, -0.2) is 0 Å². The van der Waals surface area contributed by atoms with Gasteiger partial charge in [0.15, 0.2) is 11.5 Å². The Balaban J connectivity index is 3.28. The van der Waals surface area contributed by atoms with Gasteiger partial charge >= 0.3 is 0 Å². The first-order chi connectivity index (χ1) is 6.22. The Kier molecular flexibility index (Phi) is 3.20. The summed E-state index contributed by atoms with van der Waals surface area (Å²) in [6.07, 6.45) is 1.70. The maximum absolute atomic E-state index is 5.94. The first-order valence-corrected chi connectivity index (χ1v) is 4.14. The van der Waals surface area contributed by atoms with Crippen molar-refractivity contribution in [2.45, 2.75) is 0 Å². The molecule has 0 saturated carbocycles. The van der Waals surface area contributed by atoms with Gasteiger partial charge in [0, 0.05) is 0 Å². The lowest BCUT2D eigenvalue weighted by Gasteiger charge is -2.09. The Labute approximate surface area is 82.7 Å². The SMILES string of the molecule is C=Cc1cc(Cl)c(OC)c(OC)c1. The fraction of sp³-hybridized carbons (Fsp3) is 0.200. The molecular formula is C10H11ClO2. The third-order valence-electron chi connectivity index (χ3n) is 1.69. The second-order valence-corrected chi connectivity index (χ2v) is 2.85. The van der Waals surface area contributed by atoms with Crippen LogP contribution in [-0.4, -0.2) is 14.2 Å². The molecular weight excluding hydrogens is 188 g/mol. The van der Waals surface area contributed by atoms with Crippen molar-refractivity contribution in [3.63, 3.8) is 0 Å². The molecule has 1 aromatic carbocycles. The summed E-state index contributed by atoms with van der Waals surface area (Å²) in [5, 5.41) is 0.525. The molecule has 0 radical (unpaired) electrons. The first kappa shape index (κ1) is 9.93. The molecule has 1 rings (SSSR count). The van der Waals surface area contributed by atoms with E-state index in [1.807, 2.05) is 6.07 Å². The molecule has 0 fully saturated rings. The highest BCUT2D eigenvalue weighted by Gasteiger charge is 2.08. The normalized spacial score (nSPS) is 9.46. The highest BCUT2D eigenvalue weighted by atomic mass is 35.5. The summed E-state index contributed by atoms with van der Waals surface area (Å²) in [4.78, 5) is 0. The van der Waals surface area contributed by atoms with Crippen molar-refractivity contribution in [1.82, 2.24) is 0 Å². The van der Waals surface area contributed by atoms with E-state index in [0.717, 1.165) is 5.56 Å². The number of hydrogen-bond donors (Lipinski definition) is 0. The molecule has 0 aliphatic rings. The summed E-state index contributed by atoms with van der Waals surface area (Å²) < 4.78 is 10.2. The summed E-state index contributed by atoms with van der Waals surface area (Å²) in [6.45, 7) is 3.65. The van der Waals surface area contributed by atoms with Crippen LogP contribution in [0.4, 0.5) is 0 Å². The van der Waals surface area contributed by atoms with Crippen LogP contribution in [-0.2, 0) is 0 Å². The van der Waals surface area contributed by atoms with Gasteiger partial charge in [0.25, 0.3) is 0 Å². The Bertz CT molecular complexity index is 321. The predicted molar refractivity (Wildman–Crippen MR) is 54.6 cm³/mol. The lowest BCUT2D eigenvalue weighted by Crippen LogP contribution is -1.91. The Morgan fingerprint density at radius 1 is 1.31 bits per heavy atom. The van der Waals surface area contributed by atoms with Crippen LogP contribution in [0.1, 0.15) is 5.56 Å². The van der Waals surface area contributed by atoms with Gasteiger partial charge in [-0.2, -0.15) is 0 Å². The van der Waals surface area contributed by atoms with Gasteiger partial charge in [0.1, 0.15) is 0 Å². The maximum Gasteiger partial charge on any atom is 0.179 e. The molecule has 1 aromatic rings. The highest BCUT2D eigenvalue weighted by Crippen LogP contribution is 2.36. The summed E-state index contributed by atoms with van der Waals surface area (Å²) in [7, 11) is 3.12. The minimum Gasteiger partial charge on any atom is -0.493 e. The molecule has 0 unspecified atom stereocenters. The zero-order chi connectivity index (χ0) is 9.84. The van der Waals surface area contributed by atoms with Crippen molar-refractivity contribution < 1.29 is 9.47 Å². The van der Waals surface area contributed by atoms with E-state index >= 15 is 0 Å². The molecule has 0 saturated heterocycles. The van der Waals surface area contributed by atoms with E-state index < -0.39 is 0 Å². The number of hydrogen-bond acceptors (Lipinski definition) is 2. The smallest absolute Gasteiger partial charge is 0.179 e. The zero-order valence-corrected chi connectivity index (χ0v) is 8.39. The molecule has 0 aliphatic heterocycles. The minimum absolute atomic E-state index is 0.525. The molecule has 13 heavy (non-hydrogen) atoms. The molecule has 70 valence electrons. The second-order valence-electron chi connectivity index (χ2n) is 2.44. The van der Waals surface area contributed by atoms with E-state index in [1.165, 1.54) is 0 Å². The lowest BCUT2D eigenvalue weighted by atomic mass is 10.2. The van der Waals surface area contributed by atoms with Crippen molar-refractivity contribution in [2.24, 2.45) is 0 Å². The van der Waals surface area contributed by atoms with Crippen LogP contribution in [0.3, 0.4) is 0 Å². The highest BCUT2D eigenvalue weighted by molar-refractivity contribution is 6.32. The van der Waals surface area contributed by atoms with Crippen molar-refractivity contribution >= 4 is 17.7 Å². The van der Waals surface area contributed by atoms with Crippen LogP contribution < -0.4 is 9.47 Å². The maximum atomic E-state index is 5.94. The molecule has 0 spiro atoms. The van der Waals surface area contributed by atoms with Gasteiger partial charge in [-0.05, 0) is 17.7 Å². The van der Waals surface area contributed by atoms with Crippen LogP contribution in [0, 0.1) is 0 Å². The van der Waals surface area contributed by atoms with E-state index in [1.54, 1.807) is 26.4 Å². The van der Waals surface area contributed by atoms with E-state index in [-0.39, 0.29) is 0 Å². The molecule has 0 amide bonds. The average Bonchev–Trinajstić information content (AvgIpc) is 2.16. The standard InChI is InChI=1S/C10H11ClO2/c1-4-7-5-8(11)10(13-3)9(6-7)12-2/h4-6H,1H2,2-3H3. The number of halogens is 1. The molecule has 0 heterocycles. The van der Waals surface area contributed by atoms with Gasteiger partial charge in [0.05, 0.1) is 19.2 Å². The largest absolute Gasteiger partial charge is 0.493 e. The molecule has 0 N–H and O–H groups in total. The monoisotopic (exact) mass is 198 g/mol. The van der Waals surface area contributed by atoms with Crippen LogP contribution in [0.25, 0.3) is 6.08 Å². The quantitative estimate of drug-likeness (QED) is 0.744. The van der Waals surface area contributed by atoms with Crippen LogP contribution in [0.15, 0.2) is 18.7 Å². The molecule has 0 aromatic heterocycles. The average molecular weight is 199 g/mol. The fourth-order valence-electron chi connectivity index (χ4n) is 1.06. The van der Waals surface area contributed by atoms with Gasteiger partial charge in [-0.3, -0.25) is 0 Å². The van der Waals surface area contributed by atoms with Crippen LogP contribution in [0.5, 0.6) is 11.5 Å². The topological polar surface area (TPSA) is 18.5 Å². The number of ether oxygens (including phenoxy) is 2. The van der Waals surface area contributed by atoms with Gasteiger partial charge < -0.3 is 9.47 Å². The van der Waals surface area contributed by atoms with E-state index in [4.69, 9.17) is 21.1 Å². The Hall–Kier alpha value is -1.15.